The minimum absolute atomic E-state index is 0.120. The molecule has 1 saturated heterocycles. The van der Waals surface area contributed by atoms with Gasteiger partial charge in [-0.15, -0.1) is 0 Å². The Hall–Kier alpha value is -3.79. The van der Waals surface area contributed by atoms with E-state index in [-0.39, 0.29) is 28.2 Å². The van der Waals surface area contributed by atoms with Crippen molar-refractivity contribution in [3.05, 3.63) is 64.5 Å². The number of halogens is 2. The molecule has 8 nitrogen and oxygen atoms in total. The van der Waals surface area contributed by atoms with Gasteiger partial charge in [-0.3, -0.25) is 9.89 Å². The van der Waals surface area contributed by atoms with E-state index in [0.717, 1.165) is 17.8 Å². The van der Waals surface area contributed by atoms with Gasteiger partial charge in [0.2, 0.25) is 0 Å². The minimum atomic E-state index is -0.670. The van der Waals surface area contributed by atoms with E-state index in [2.05, 4.69) is 20.2 Å². The van der Waals surface area contributed by atoms with E-state index in [9.17, 15) is 9.18 Å². The summed E-state index contributed by atoms with van der Waals surface area (Å²) < 4.78 is 36.4. The fourth-order valence-electron chi connectivity index (χ4n) is 4.09. The van der Waals surface area contributed by atoms with E-state index < -0.39 is 17.2 Å². The van der Waals surface area contributed by atoms with Gasteiger partial charge >= 0.3 is 0 Å². The third-order valence-corrected chi connectivity index (χ3v) is 5.90. The molecule has 0 amide bonds. The lowest BCUT2D eigenvalue weighted by atomic mass is 10.1. The number of hydrogen-bond donors (Lipinski definition) is 1. The summed E-state index contributed by atoms with van der Waals surface area (Å²) in [6.07, 6.45) is 0. The molecule has 1 N–H and O–H groups in total. The highest BCUT2D eigenvalue weighted by Gasteiger charge is 2.23. The second-order valence-electron chi connectivity index (χ2n) is 7.95. The van der Waals surface area contributed by atoms with E-state index in [4.69, 9.17) is 4.74 Å². The van der Waals surface area contributed by atoms with Crippen molar-refractivity contribution >= 4 is 16.7 Å². The van der Waals surface area contributed by atoms with Crippen LogP contribution in [0.4, 0.5) is 14.5 Å². The molecule has 0 spiro atoms. The molecule has 33 heavy (non-hydrogen) atoms. The molecule has 10 heteroatoms. The van der Waals surface area contributed by atoms with Gasteiger partial charge in [0.05, 0.1) is 18.3 Å². The molecule has 170 valence electrons. The lowest BCUT2D eigenvalue weighted by Crippen LogP contribution is -2.44. The third kappa shape index (κ3) is 3.62. The number of H-pyrrole nitrogens is 1. The standard InChI is InChI=1S/C23H22F2N6O2/c1-29-9-11-30(12-10-29)17-7-3-5-14(20(17)25)21-22-16(26-27-21)13-19(32)31(28-22)23-15(24)6-4-8-18(23)33-2/h3-8,13,26H,9-12H2,1-2H3. The number of nitrogens with zero attached hydrogens (tertiary/aromatic N) is 5. The van der Waals surface area contributed by atoms with Crippen molar-refractivity contribution in [3.8, 4) is 22.7 Å². The molecule has 0 bridgehead atoms. The highest BCUT2D eigenvalue weighted by Crippen LogP contribution is 2.33. The van der Waals surface area contributed by atoms with Crippen LogP contribution in [0.25, 0.3) is 28.0 Å². The number of benzene rings is 2. The minimum Gasteiger partial charge on any atom is -0.494 e. The Kier molecular flexibility index (Phi) is 5.29. The van der Waals surface area contributed by atoms with E-state index in [0.29, 0.717) is 24.3 Å². The van der Waals surface area contributed by atoms with Crippen LogP contribution >= 0.6 is 0 Å². The average Bonchev–Trinajstić information content (AvgIpc) is 3.21. The molecule has 0 aliphatic carbocycles. The third-order valence-electron chi connectivity index (χ3n) is 5.90. The molecule has 2 aromatic heterocycles. The molecule has 0 unspecified atom stereocenters. The zero-order valence-electron chi connectivity index (χ0n) is 18.2. The lowest BCUT2D eigenvalue weighted by molar-refractivity contribution is 0.312. The van der Waals surface area contributed by atoms with Gasteiger partial charge in [-0.1, -0.05) is 12.1 Å². The van der Waals surface area contributed by atoms with E-state index in [1.807, 2.05) is 11.9 Å². The number of nitrogens with one attached hydrogen (secondary N) is 1. The summed E-state index contributed by atoms with van der Waals surface area (Å²) in [5.74, 6) is -0.938. The number of likely N-dealkylation sites (N-methyl/N-ethyl adjacent to an activating group) is 1. The summed E-state index contributed by atoms with van der Waals surface area (Å²) in [7, 11) is 3.42. The molecule has 2 aromatic carbocycles. The second kappa shape index (κ2) is 8.28. The number of rotatable bonds is 4. The van der Waals surface area contributed by atoms with Crippen LogP contribution in [0, 0.1) is 11.6 Å². The fraction of sp³-hybridized carbons (Fsp3) is 0.261. The number of aromatic nitrogens is 4. The van der Waals surface area contributed by atoms with Gasteiger partial charge < -0.3 is 14.5 Å². The first-order chi connectivity index (χ1) is 16.0. The molecule has 0 radical (unpaired) electrons. The van der Waals surface area contributed by atoms with Crippen molar-refractivity contribution in [1.29, 1.82) is 0 Å². The first-order valence-corrected chi connectivity index (χ1v) is 10.5. The number of anilines is 1. The first-order valence-electron chi connectivity index (χ1n) is 10.5. The number of piperazine rings is 1. The molecule has 4 aromatic rings. The number of ether oxygens (including phenoxy) is 1. The van der Waals surface area contributed by atoms with Crippen LogP contribution in [0.5, 0.6) is 5.75 Å². The quantitative estimate of drug-likeness (QED) is 0.513. The highest BCUT2D eigenvalue weighted by atomic mass is 19.1. The number of fused-ring (bicyclic) bond motifs is 1. The first kappa shape index (κ1) is 21.1. The molecule has 1 fully saturated rings. The molecule has 0 saturated carbocycles. The highest BCUT2D eigenvalue weighted by molar-refractivity contribution is 5.90. The Morgan fingerprint density at radius 3 is 2.58 bits per heavy atom. The van der Waals surface area contributed by atoms with Crippen molar-refractivity contribution < 1.29 is 13.5 Å². The van der Waals surface area contributed by atoms with Crippen molar-refractivity contribution in [2.45, 2.75) is 0 Å². The molecule has 5 rings (SSSR count). The number of hydrogen-bond acceptors (Lipinski definition) is 6. The SMILES string of the molecule is COc1cccc(F)c1-n1nc2c(-c3cccc(N4CCN(C)CC4)c3F)n[nH]c2cc1=O. The van der Waals surface area contributed by atoms with Gasteiger partial charge in [-0.05, 0) is 31.3 Å². The number of methoxy groups -OCH3 is 1. The smallest absolute Gasteiger partial charge is 0.273 e. The Morgan fingerprint density at radius 1 is 1.06 bits per heavy atom. The van der Waals surface area contributed by atoms with E-state index in [1.54, 1.807) is 18.2 Å². The van der Waals surface area contributed by atoms with Crippen LogP contribution in [-0.4, -0.2) is 65.2 Å². The Morgan fingerprint density at radius 2 is 1.82 bits per heavy atom. The summed E-state index contributed by atoms with van der Waals surface area (Å²) >= 11 is 0. The summed E-state index contributed by atoms with van der Waals surface area (Å²) in [6.45, 7) is 3.10. The van der Waals surface area contributed by atoms with Crippen molar-refractivity contribution in [3.63, 3.8) is 0 Å². The lowest BCUT2D eigenvalue weighted by Gasteiger charge is -2.34. The monoisotopic (exact) mass is 452 g/mol. The Balaban J connectivity index is 1.65. The van der Waals surface area contributed by atoms with Gasteiger partial charge in [0.1, 0.15) is 22.6 Å². The maximum Gasteiger partial charge on any atom is 0.273 e. The van der Waals surface area contributed by atoms with E-state index >= 15 is 4.39 Å². The molecular weight excluding hydrogens is 430 g/mol. The molecular formula is C23H22F2N6O2. The summed E-state index contributed by atoms with van der Waals surface area (Å²) in [4.78, 5) is 16.9. The largest absolute Gasteiger partial charge is 0.494 e. The topological polar surface area (TPSA) is 79.3 Å². The van der Waals surface area contributed by atoms with E-state index in [1.165, 1.54) is 31.4 Å². The average molecular weight is 452 g/mol. The molecule has 0 atom stereocenters. The van der Waals surface area contributed by atoms with Crippen molar-refractivity contribution in [1.82, 2.24) is 24.9 Å². The van der Waals surface area contributed by atoms with Gasteiger partial charge in [-0.2, -0.15) is 14.9 Å². The molecule has 1 aliphatic heterocycles. The zero-order valence-corrected chi connectivity index (χ0v) is 18.2. The summed E-state index contributed by atoms with van der Waals surface area (Å²) in [6, 6.07) is 10.6. The maximum atomic E-state index is 15.6. The van der Waals surface area contributed by atoms with Crippen LogP contribution in [-0.2, 0) is 0 Å². The predicted octanol–water partition coefficient (Wildman–Crippen LogP) is 2.81. The van der Waals surface area contributed by atoms with Gasteiger partial charge in [0.25, 0.3) is 5.56 Å². The number of aromatic amines is 1. The van der Waals surface area contributed by atoms with Crippen LogP contribution < -0.4 is 15.2 Å². The van der Waals surface area contributed by atoms with Crippen LogP contribution in [0.15, 0.2) is 47.3 Å². The zero-order chi connectivity index (χ0) is 23.1. The predicted molar refractivity (Wildman–Crippen MR) is 121 cm³/mol. The Bertz CT molecular complexity index is 1390. The van der Waals surface area contributed by atoms with Gasteiger partial charge in [0, 0.05) is 37.8 Å². The Labute approximate surface area is 188 Å². The normalized spacial score (nSPS) is 14.7. The molecule has 1 aliphatic rings. The van der Waals surface area contributed by atoms with Crippen LogP contribution in [0.1, 0.15) is 0 Å². The maximum absolute atomic E-state index is 15.6. The van der Waals surface area contributed by atoms with Crippen molar-refractivity contribution in [2.75, 3.05) is 45.2 Å². The van der Waals surface area contributed by atoms with Crippen LogP contribution in [0.3, 0.4) is 0 Å². The van der Waals surface area contributed by atoms with Gasteiger partial charge in [-0.25, -0.2) is 8.78 Å². The second-order valence-corrected chi connectivity index (χ2v) is 7.95. The van der Waals surface area contributed by atoms with Crippen LogP contribution in [0.2, 0.25) is 0 Å². The van der Waals surface area contributed by atoms with Gasteiger partial charge in [0.15, 0.2) is 11.6 Å². The van der Waals surface area contributed by atoms with Crippen molar-refractivity contribution in [2.24, 2.45) is 0 Å². The fourth-order valence-corrected chi connectivity index (χ4v) is 4.09. The molecule has 3 heterocycles. The number of para-hydroxylation sites is 1. The summed E-state index contributed by atoms with van der Waals surface area (Å²) in [5.41, 5.74) is 0.845. The summed E-state index contributed by atoms with van der Waals surface area (Å²) in [5, 5.41) is 11.3.